The number of halogens is 2. The Morgan fingerprint density at radius 3 is 2.25 bits per heavy atom. The Morgan fingerprint density at radius 1 is 1.50 bits per heavy atom. The van der Waals surface area contributed by atoms with Crippen LogP contribution in [0.25, 0.3) is 0 Å². The molecule has 0 aliphatic heterocycles. The molecule has 0 aromatic heterocycles. The third-order valence-corrected chi connectivity index (χ3v) is 2.28. The van der Waals surface area contributed by atoms with Gasteiger partial charge in [-0.05, 0) is 6.92 Å². The molecule has 0 heterocycles. The van der Waals surface area contributed by atoms with Crippen molar-refractivity contribution >= 4 is 16.1 Å². The van der Waals surface area contributed by atoms with Gasteiger partial charge in [0.1, 0.15) is 0 Å². The molecule has 5 nitrogen and oxygen atoms in total. The molecule has 0 N–H and O–H groups in total. The van der Waals surface area contributed by atoms with Crippen LogP contribution >= 0.6 is 0 Å². The van der Waals surface area contributed by atoms with E-state index in [1.54, 1.807) is 0 Å². The summed E-state index contributed by atoms with van der Waals surface area (Å²) in [6, 6.07) is 0. The molecule has 0 aliphatic carbocycles. The predicted molar refractivity (Wildman–Crippen MR) is 45.0 cm³/mol. The fraction of sp³-hybridized carbons (Fsp3) is 0.571. The zero-order valence-electron chi connectivity index (χ0n) is 8.83. The molecule has 0 aromatic rings. The van der Waals surface area contributed by atoms with Crippen LogP contribution in [0.2, 0.25) is 0 Å². The van der Waals surface area contributed by atoms with Gasteiger partial charge < -0.3 is 9.29 Å². The third kappa shape index (κ3) is 5.90. The standard InChI is InChI=1S/C7H10F2O5S.Na/c1-5(2)6(10)14-4-3-7(8,9)15(11,12)13;/h1,3-4H2,2H3,(H,11,12,13);/q;+1/p-1. The van der Waals surface area contributed by atoms with Gasteiger partial charge in [0.15, 0.2) is 10.1 Å². The first-order valence-electron chi connectivity index (χ1n) is 3.74. The van der Waals surface area contributed by atoms with Gasteiger partial charge in [-0.3, -0.25) is 0 Å². The van der Waals surface area contributed by atoms with Crippen molar-refractivity contribution in [3.05, 3.63) is 12.2 Å². The van der Waals surface area contributed by atoms with Crippen LogP contribution in [0.1, 0.15) is 13.3 Å². The smallest absolute Gasteiger partial charge is 0.743 e. The van der Waals surface area contributed by atoms with Crippen molar-refractivity contribution in [3.63, 3.8) is 0 Å². The first-order valence-corrected chi connectivity index (χ1v) is 5.14. The summed E-state index contributed by atoms with van der Waals surface area (Å²) in [5, 5.41) is -4.43. The summed E-state index contributed by atoms with van der Waals surface area (Å²) in [7, 11) is -5.72. The van der Waals surface area contributed by atoms with Crippen molar-refractivity contribution in [1.29, 1.82) is 0 Å². The summed E-state index contributed by atoms with van der Waals surface area (Å²) < 4.78 is 59.1. The zero-order valence-corrected chi connectivity index (χ0v) is 11.6. The molecule has 0 fully saturated rings. The van der Waals surface area contributed by atoms with E-state index in [1.807, 2.05) is 0 Å². The molecule has 0 aromatic carbocycles. The molecule has 0 amide bonds. The van der Waals surface area contributed by atoms with Crippen molar-refractivity contribution in [2.45, 2.75) is 18.6 Å². The Labute approximate surface area is 114 Å². The molecule has 0 aliphatic rings. The summed E-state index contributed by atoms with van der Waals surface area (Å²) in [6.45, 7) is 3.61. The fourth-order valence-electron chi connectivity index (χ4n) is 0.511. The molecule has 0 atom stereocenters. The van der Waals surface area contributed by atoms with Gasteiger partial charge in [-0.15, -0.1) is 0 Å². The second-order valence-electron chi connectivity index (χ2n) is 2.76. The normalized spacial score (nSPS) is 11.5. The number of hydrogen-bond donors (Lipinski definition) is 0. The van der Waals surface area contributed by atoms with E-state index in [9.17, 15) is 26.5 Å². The molecule has 88 valence electrons. The maximum atomic E-state index is 12.5. The minimum Gasteiger partial charge on any atom is -0.743 e. The van der Waals surface area contributed by atoms with Crippen LogP contribution in [0.15, 0.2) is 12.2 Å². The topological polar surface area (TPSA) is 83.5 Å². The Morgan fingerprint density at radius 2 is 1.94 bits per heavy atom. The van der Waals surface area contributed by atoms with E-state index in [-0.39, 0.29) is 35.1 Å². The Bertz CT molecular complexity index is 365. The van der Waals surface area contributed by atoms with E-state index in [4.69, 9.17) is 0 Å². The minimum atomic E-state index is -5.72. The molecule has 0 saturated heterocycles. The number of carbonyl (C=O) groups is 1. The summed E-state index contributed by atoms with van der Waals surface area (Å²) in [6.07, 6.45) is -1.36. The van der Waals surface area contributed by atoms with Gasteiger partial charge in [-0.25, -0.2) is 13.2 Å². The van der Waals surface area contributed by atoms with Crippen LogP contribution in [0.5, 0.6) is 0 Å². The maximum Gasteiger partial charge on any atom is 1.00 e. The van der Waals surface area contributed by atoms with Gasteiger partial charge in [0.2, 0.25) is 0 Å². The van der Waals surface area contributed by atoms with Crippen LogP contribution in [-0.2, 0) is 19.6 Å². The third-order valence-electron chi connectivity index (χ3n) is 1.34. The average molecular weight is 266 g/mol. The average Bonchev–Trinajstić information content (AvgIpc) is 2.01. The molecule has 0 saturated carbocycles. The molecular formula is C7H9F2NaO5S. The van der Waals surface area contributed by atoms with E-state index >= 15 is 0 Å². The first-order chi connectivity index (χ1) is 6.58. The number of alkyl halides is 2. The summed E-state index contributed by atoms with van der Waals surface area (Å²) in [5.74, 6) is -0.922. The molecule has 0 spiro atoms. The van der Waals surface area contributed by atoms with Crippen LogP contribution < -0.4 is 29.6 Å². The van der Waals surface area contributed by atoms with Gasteiger partial charge in [0.25, 0.3) is 0 Å². The number of rotatable bonds is 5. The maximum absolute atomic E-state index is 12.5. The molecule has 0 bridgehead atoms. The van der Waals surface area contributed by atoms with Gasteiger partial charge in [0.05, 0.1) is 13.0 Å². The van der Waals surface area contributed by atoms with Crippen LogP contribution in [-0.4, -0.2) is 30.8 Å². The molecule has 9 heteroatoms. The molecule has 0 unspecified atom stereocenters. The summed E-state index contributed by atoms with van der Waals surface area (Å²) in [5.41, 5.74) is -0.0108. The first kappa shape index (κ1) is 18.3. The molecule has 0 radical (unpaired) electrons. The van der Waals surface area contributed by atoms with Crippen molar-refractivity contribution in [1.82, 2.24) is 0 Å². The van der Waals surface area contributed by atoms with E-state index in [1.165, 1.54) is 6.92 Å². The number of carbonyl (C=O) groups excluding carboxylic acids is 1. The summed E-state index contributed by atoms with van der Waals surface area (Å²) in [4.78, 5) is 10.7. The number of esters is 1. The van der Waals surface area contributed by atoms with Crippen LogP contribution in [0.4, 0.5) is 8.78 Å². The van der Waals surface area contributed by atoms with Crippen molar-refractivity contribution in [2.75, 3.05) is 6.61 Å². The van der Waals surface area contributed by atoms with Crippen LogP contribution in [0, 0.1) is 0 Å². The molecule has 0 rings (SSSR count). The van der Waals surface area contributed by atoms with Crippen molar-refractivity contribution < 1.29 is 60.8 Å². The Hall–Kier alpha value is -0.0200. The van der Waals surface area contributed by atoms with Gasteiger partial charge in [0, 0.05) is 5.57 Å². The number of ether oxygens (including phenoxy) is 1. The predicted octanol–water partition coefficient (Wildman–Crippen LogP) is -2.36. The van der Waals surface area contributed by atoms with E-state index < -0.39 is 34.4 Å². The van der Waals surface area contributed by atoms with Crippen LogP contribution in [0.3, 0.4) is 0 Å². The SMILES string of the molecule is C=C(C)C(=O)OCCC(F)(F)S(=O)(=O)[O-].[Na+]. The Balaban J connectivity index is 0. The second-order valence-corrected chi connectivity index (χ2v) is 4.26. The zero-order chi connectivity index (χ0) is 12.3. The number of hydrogen-bond acceptors (Lipinski definition) is 5. The van der Waals surface area contributed by atoms with Gasteiger partial charge >= 0.3 is 40.8 Å². The minimum absolute atomic E-state index is 0. The quantitative estimate of drug-likeness (QED) is 0.240. The van der Waals surface area contributed by atoms with E-state index in [2.05, 4.69) is 11.3 Å². The largest absolute Gasteiger partial charge is 1.00 e. The van der Waals surface area contributed by atoms with Crippen molar-refractivity contribution in [2.24, 2.45) is 0 Å². The second kappa shape index (κ2) is 6.65. The Kier molecular flexibility index (Phi) is 7.63. The van der Waals surface area contributed by atoms with Crippen molar-refractivity contribution in [3.8, 4) is 0 Å². The fourth-order valence-corrected chi connectivity index (χ4v) is 0.844. The summed E-state index contributed by atoms with van der Waals surface area (Å²) >= 11 is 0. The van der Waals surface area contributed by atoms with E-state index in [0.29, 0.717) is 0 Å². The molecule has 16 heavy (non-hydrogen) atoms. The van der Waals surface area contributed by atoms with Gasteiger partial charge in [-0.2, -0.15) is 8.78 Å². The monoisotopic (exact) mass is 266 g/mol. The van der Waals surface area contributed by atoms with E-state index in [0.717, 1.165) is 0 Å². The molecular weight excluding hydrogens is 257 g/mol. The van der Waals surface area contributed by atoms with Gasteiger partial charge in [-0.1, -0.05) is 6.58 Å².